The van der Waals surface area contributed by atoms with Crippen LogP contribution in [0.4, 0.5) is 0 Å². The molecule has 2 heterocycles. The van der Waals surface area contributed by atoms with E-state index in [1.54, 1.807) is 0 Å². The first-order valence-corrected chi connectivity index (χ1v) is 7.33. The summed E-state index contributed by atoms with van der Waals surface area (Å²) in [5.41, 5.74) is 0. The Morgan fingerprint density at radius 2 is 2.39 bits per heavy atom. The van der Waals surface area contributed by atoms with Gasteiger partial charge in [0, 0.05) is 36.8 Å². The minimum Gasteiger partial charge on any atom is -0.338 e. The second kappa shape index (κ2) is 6.71. The third kappa shape index (κ3) is 3.68. The van der Waals surface area contributed by atoms with Crippen molar-refractivity contribution in [3.63, 3.8) is 0 Å². The molecule has 18 heavy (non-hydrogen) atoms. The van der Waals surface area contributed by atoms with Crippen molar-refractivity contribution < 1.29 is 0 Å². The second-order valence-corrected chi connectivity index (χ2v) is 5.65. The molecule has 2 aromatic rings. The first-order chi connectivity index (χ1) is 8.79. The maximum absolute atomic E-state index is 4.39. The lowest BCUT2D eigenvalue weighted by atomic mass is 10.1. The number of hydrogen-bond acceptors (Lipinski definition) is 3. The number of hydrogen-bond donors (Lipinski definition) is 1. The first-order valence-electron chi connectivity index (χ1n) is 6.45. The molecule has 1 atom stereocenters. The van der Waals surface area contributed by atoms with Gasteiger partial charge < -0.3 is 9.88 Å². The van der Waals surface area contributed by atoms with Crippen LogP contribution < -0.4 is 5.32 Å². The van der Waals surface area contributed by atoms with E-state index in [1.807, 2.05) is 30.8 Å². The van der Waals surface area contributed by atoms with E-state index in [9.17, 15) is 0 Å². The van der Waals surface area contributed by atoms with Crippen LogP contribution in [0.1, 0.15) is 23.5 Å². The molecule has 0 amide bonds. The Labute approximate surface area is 113 Å². The van der Waals surface area contributed by atoms with Crippen LogP contribution >= 0.6 is 11.3 Å². The van der Waals surface area contributed by atoms with Gasteiger partial charge in [-0.25, -0.2) is 4.98 Å². The number of nitrogens with zero attached hydrogens (tertiary/aromatic N) is 2. The number of rotatable bonds is 7. The normalized spacial score (nSPS) is 12.8. The van der Waals surface area contributed by atoms with E-state index in [0.717, 1.165) is 12.2 Å². The lowest BCUT2D eigenvalue weighted by Gasteiger charge is -2.15. The van der Waals surface area contributed by atoms with Gasteiger partial charge in [-0.2, -0.15) is 0 Å². The second-order valence-electron chi connectivity index (χ2n) is 4.62. The molecule has 1 unspecified atom stereocenters. The van der Waals surface area contributed by atoms with Crippen LogP contribution in [-0.2, 0) is 19.9 Å². The number of aromatic nitrogens is 2. The molecule has 0 spiro atoms. The molecule has 0 fully saturated rings. The van der Waals surface area contributed by atoms with E-state index < -0.39 is 0 Å². The van der Waals surface area contributed by atoms with Crippen molar-refractivity contribution in [3.8, 4) is 0 Å². The van der Waals surface area contributed by atoms with Crippen LogP contribution in [0, 0.1) is 0 Å². The fourth-order valence-electron chi connectivity index (χ4n) is 2.14. The number of aryl methyl sites for hydroxylation is 2. The van der Waals surface area contributed by atoms with E-state index in [1.165, 1.54) is 24.1 Å². The topological polar surface area (TPSA) is 29.9 Å². The highest BCUT2D eigenvalue weighted by atomic mass is 32.1. The number of thiophene rings is 1. The summed E-state index contributed by atoms with van der Waals surface area (Å²) in [6, 6.07) is 4.87. The third-order valence-corrected chi connectivity index (χ3v) is 4.25. The van der Waals surface area contributed by atoms with E-state index >= 15 is 0 Å². The summed E-state index contributed by atoms with van der Waals surface area (Å²) >= 11 is 1.85. The molecule has 98 valence electrons. The molecule has 4 heteroatoms. The van der Waals surface area contributed by atoms with Gasteiger partial charge in [0.2, 0.25) is 0 Å². The lowest BCUT2D eigenvalue weighted by molar-refractivity contribution is 0.487. The van der Waals surface area contributed by atoms with Gasteiger partial charge in [0.05, 0.1) is 0 Å². The Bertz CT molecular complexity index is 447. The molecule has 0 aliphatic carbocycles. The summed E-state index contributed by atoms with van der Waals surface area (Å²) in [6.07, 6.45) is 8.50. The van der Waals surface area contributed by atoms with Crippen LogP contribution in [0.3, 0.4) is 0 Å². The number of nitrogens with one attached hydrogen (secondary N) is 1. The maximum atomic E-state index is 4.39. The molecule has 0 saturated carbocycles. The van der Waals surface area contributed by atoms with Crippen molar-refractivity contribution in [3.05, 3.63) is 40.6 Å². The molecule has 0 aliphatic rings. The van der Waals surface area contributed by atoms with Crippen LogP contribution in [0.5, 0.6) is 0 Å². The van der Waals surface area contributed by atoms with Gasteiger partial charge in [0.1, 0.15) is 5.82 Å². The van der Waals surface area contributed by atoms with Crippen molar-refractivity contribution >= 4 is 11.3 Å². The average molecular weight is 263 g/mol. The smallest absolute Gasteiger partial charge is 0.109 e. The molecule has 3 nitrogen and oxygen atoms in total. The van der Waals surface area contributed by atoms with Gasteiger partial charge >= 0.3 is 0 Å². The zero-order valence-corrected chi connectivity index (χ0v) is 11.9. The molecule has 0 aliphatic heterocycles. The zero-order valence-electron chi connectivity index (χ0n) is 11.1. The SMILES string of the molecule is CNC(CCCc1cccs1)Cc1nccn1C. The molecular formula is C14H21N3S. The van der Waals surface area contributed by atoms with Gasteiger partial charge in [-0.1, -0.05) is 6.07 Å². The number of likely N-dealkylation sites (N-methyl/N-ethyl adjacent to an activating group) is 1. The largest absolute Gasteiger partial charge is 0.338 e. The van der Waals surface area contributed by atoms with Crippen LogP contribution in [0.25, 0.3) is 0 Å². The summed E-state index contributed by atoms with van der Waals surface area (Å²) in [7, 11) is 4.10. The van der Waals surface area contributed by atoms with Gasteiger partial charge in [-0.3, -0.25) is 0 Å². The fourth-order valence-corrected chi connectivity index (χ4v) is 2.89. The molecule has 1 N–H and O–H groups in total. The van der Waals surface area contributed by atoms with Crippen molar-refractivity contribution in [2.24, 2.45) is 7.05 Å². The zero-order chi connectivity index (χ0) is 12.8. The van der Waals surface area contributed by atoms with Crippen LogP contribution in [-0.4, -0.2) is 22.6 Å². The molecular weight excluding hydrogens is 242 g/mol. The Hall–Kier alpha value is -1.13. The summed E-state index contributed by atoms with van der Waals surface area (Å²) in [4.78, 5) is 5.87. The highest BCUT2D eigenvalue weighted by molar-refractivity contribution is 7.09. The Balaban J connectivity index is 1.77. The third-order valence-electron chi connectivity index (χ3n) is 3.31. The van der Waals surface area contributed by atoms with Gasteiger partial charge in [-0.15, -0.1) is 11.3 Å². The Morgan fingerprint density at radius 1 is 1.50 bits per heavy atom. The first kappa shape index (κ1) is 13.3. The van der Waals surface area contributed by atoms with Crippen molar-refractivity contribution in [2.45, 2.75) is 31.7 Å². The summed E-state index contributed by atoms with van der Waals surface area (Å²) in [5.74, 6) is 1.16. The molecule has 0 radical (unpaired) electrons. The van der Waals surface area contributed by atoms with E-state index in [-0.39, 0.29) is 0 Å². The monoisotopic (exact) mass is 263 g/mol. The van der Waals surface area contributed by atoms with Gasteiger partial charge in [-0.05, 0) is 37.8 Å². The van der Waals surface area contributed by atoms with E-state index in [0.29, 0.717) is 6.04 Å². The Kier molecular flexibility index (Phi) is 4.96. The lowest BCUT2D eigenvalue weighted by Crippen LogP contribution is -2.28. The molecule has 2 aromatic heterocycles. The standard InChI is InChI=1S/C14H21N3S/c1-15-12(11-14-16-8-9-17(14)2)5-3-6-13-7-4-10-18-13/h4,7-10,12,15H,3,5-6,11H2,1-2H3. The van der Waals surface area contributed by atoms with Crippen molar-refractivity contribution in [1.29, 1.82) is 0 Å². The van der Waals surface area contributed by atoms with E-state index in [4.69, 9.17) is 0 Å². The predicted molar refractivity (Wildman–Crippen MR) is 77.0 cm³/mol. The predicted octanol–water partition coefficient (Wildman–Crippen LogP) is 2.64. The molecule has 2 rings (SSSR count). The fraction of sp³-hybridized carbons (Fsp3) is 0.500. The highest BCUT2D eigenvalue weighted by Gasteiger charge is 2.10. The number of imidazole rings is 1. The quantitative estimate of drug-likeness (QED) is 0.832. The van der Waals surface area contributed by atoms with Crippen molar-refractivity contribution in [2.75, 3.05) is 7.05 Å². The van der Waals surface area contributed by atoms with Crippen LogP contribution in [0.15, 0.2) is 29.9 Å². The molecule has 0 bridgehead atoms. The molecule has 0 aromatic carbocycles. The van der Waals surface area contributed by atoms with Crippen LogP contribution in [0.2, 0.25) is 0 Å². The maximum Gasteiger partial charge on any atom is 0.109 e. The van der Waals surface area contributed by atoms with Gasteiger partial charge in [0.15, 0.2) is 0 Å². The highest BCUT2D eigenvalue weighted by Crippen LogP contribution is 2.14. The van der Waals surface area contributed by atoms with Gasteiger partial charge in [0.25, 0.3) is 0 Å². The molecule has 0 saturated heterocycles. The van der Waals surface area contributed by atoms with E-state index in [2.05, 4.69) is 39.4 Å². The van der Waals surface area contributed by atoms with Crippen molar-refractivity contribution in [1.82, 2.24) is 14.9 Å². The summed E-state index contributed by atoms with van der Waals surface area (Å²) in [5, 5.41) is 5.55. The minimum absolute atomic E-state index is 0.520. The average Bonchev–Trinajstić information content (AvgIpc) is 3.00. The summed E-state index contributed by atoms with van der Waals surface area (Å²) < 4.78 is 2.10. The Morgan fingerprint density at radius 3 is 3.00 bits per heavy atom. The minimum atomic E-state index is 0.520. The summed E-state index contributed by atoms with van der Waals surface area (Å²) in [6.45, 7) is 0.